The summed E-state index contributed by atoms with van der Waals surface area (Å²) in [5, 5.41) is 2.26. The van der Waals surface area contributed by atoms with E-state index >= 15 is 0 Å². The van der Waals surface area contributed by atoms with Gasteiger partial charge in [-0.1, -0.05) is 78.9 Å². The Kier molecular flexibility index (Phi) is 5.26. The zero-order chi connectivity index (χ0) is 25.5. The molecule has 4 aromatic carbocycles. The summed E-state index contributed by atoms with van der Waals surface area (Å²) in [5.74, 6) is 2.03. The van der Waals surface area contributed by atoms with Gasteiger partial charge in [0, 0.05) is 39.3 Å². The lowest BCUT2D eigenvalue weighted by atomic mass is 10.1. The van der Waals surface area contributed by atoms with E-state index in [1.165, 1.54) is 0 Å². The lowest BCUT2D eigenvalue weighted by Gasteiger charge is -2.11. The highest BCUT2D eigenvalue weighted by molar-refractivity contribution is 6.13. The summed E-state index contributed by atoms with van der Waals surface area (Å²) in [5.41, 5.74) is 7.23. The van der Waals surface area contributed by atoms with Gasteiger partial charge in [0.1, 0.15) is 5.82 Å². The van der Waals surface area contributed by atoms with Gasteiger partial charge >= 0.3 is 0 Å². The molecule has 0 bridgehead atoms. The van der Waals surface area contributed by atoms with Crippen molar-refractivity contribution in [1.29, 1.82) is 0 Å². The summed E-state index contributed by atoms with van der Waals surface area (Å²) in [7, 11) is 0. The van der Waals surface area contributed by atoms with Crippen LogP contribution in [0.5, 0.6) is 0 Å². The first-order valence-electron chi connectivity index (χ1n) is 12.6. The summed E-state index contributed by atoms with van der Waals surface area (Å²) in [4.78, 5) is 19.0. The molecule has 0 aliphatic carbocycles. The Morgan fingerprint density at radius 2 is 1.18 bits per heavy atom. The van der Waals surface area contributed by atoms with Crippen LogP contribution in [0.4, 0.5) is 0 Å². The molecule has 3 heterocycles. The standard InChI is InChI=1S/C33H23N5/c1-22-35-32(24-13-7-3-8-14-24)37-33(36-22)25-17-18-29-28(21-25)27-19-20-34-30(23-11-5-2-6-12-23)31(27)38(29)26-15-9-4-10-16-26/h2-21H,1H3. The number of pyridine rings is 1. The van der Waals surface area contributed by atoms with Crippen LogP contribution in [0.15, 0.2) is 121 Å². The van der Waals surface area contributed by atoms with Crippen molar-refractivity contribution in [2.75, 3.05) is 0 Å². The van der Waals surface area contributed by atoms with Gasteiger partial charge in [0.2, 0.25) is 0 Å². The third kappa shape index (κ3) is 3.73. The zero-order valence-corrected chi connectivity index (χ0v) is 20.8. The van der Waals surface area contributed by atoms with Crippen molar-refractivity contribution in [2.24, 2.45) is 0 Å². The number of fused-ring (bicyclic) bond motifs is 3. The van der Waals surface area contributed by atoms with E-state index in [0.29, 0.717) is 17.5 Å². The number of aromatic nitrogens is 5. The van der Waals surface area contributed by atoms with Crippen LogP contribution >= 0.6 is 0 Å². The van der Waals surface area contributed by atoms with Gasteiger partial charge < -0.3 is 4.57 Å². The van der Waals surface area contributed by atoms with Crippen molar-refractivity contribution in [1.82, 2.24) is 24.5 Å². The average Bonchev–Trinajstić information content (AvgIpc) is 3.32. The smallest absolute Gasteiger partial charge is 0.163 e. The molecule has 5 heteroatoms. The first-order chi connectivity index (χ1) is 18.8. The molecule has 0 radical (unpaired) electrons. The van der Waals surface area contributed by atoms with Crippen molar-refractivity contribution in [3.63, 3.8) is 0 Å². The third-order valence-electron chi connectivity index (χ3n) is 6.77. The van der Waals surface area contributed by atoms with Crippen molar-refractivity contribution in [2.45, 2.75) is 6.92 Å². The van der Waals surface area contributed by atoms with Crippen LogP contribution in [0.1, 0.15) is 5.82 Å². The van der Waals surface area contributed by atoms with E-state index in [-0.39, 0.29) is 0 Å². The van der Waals surface area contributed by atoms with Crippen LogP contribution in [0.25, 0.3) is 61.5 Å². The van der Waals surface area contributed by atoms with Crippen molar-refractivity contribution in [3.8, 4) is 39.7 Å². The zero-order valence-electron chi connectivity index (χ0n) is 20.8. The van der Waals surface area contributed by atoms with Gasteiger partial charge in [-0.05, 0) is 43.3 Å². The second-order valence-corrected chi connectivity index (χ2v) is 9.22. The first kappa shape index (κ1) is 22.1. The highest BCUT2D eigenvalue weighted by Crippen LogP contribution is 2.38. The van der Waals surface area contributed by atoms with Crippen LogP contribution in [0.3, 0.4) is 0 Å². The van der Waals surface area contributed by atoms with Crippen LogP contribution in [-0.4, -0.2) is 24.5 Å². The molecule has 0 N–H and O–H groups in total. The molecule has 7 aromatic rings. The number of hydrogen-bond acceptors (Lipinski definition) is 4. The molecule has 0 unspecified atom stereocenters. The predicted molar refractivity (Wildman–Crippen MR) is 153 cm³/mol. The lowest BCUT2D eigenvalue weighted by Crippen LogP contribution is -1.99. The van der Waals surface area contributed by atoms with Crippen LogP contribution in [-0.2, 0) is 0 Å². The SMILES string of the molecule is Cc1nc(-c2ccccc2)nc(-c2ccc3c(c2)c2ccnc(-c4ccccc4)c2n3-c2ccccc2)n1. The van der Waals surface area contributed by atoms with E-state index in [9.17, 15) is 0 Å². The van der Waals surface area contributed by atoms with Gasteiger partial charge in [-0.3, -0.25) is 4.98 Å². The van der Waals surface area contributed by atoms with Crippen LogP contribution in [0, 0.1) is 6.92 Å². The average molecular weight is 490 g/mol. The Bertz CT molecular complexity index is 1910. The molecule has 0 atom stereocenters. The molecular weight excluding hydrogens is 466 g/mol. The van der Waals surface area contributed by atoms with E-state index in [4.69, 9.17) is 15.0 Å². The fourth-order valence-electron chi connectivity index (χ4n) is 5.08. The van der Waals surface area contributed by atoms with Gasteiger partial charge in [-0.2, -0.15) is 0 Å². The number of benzene rings is 4. The Morgan fingerprint density at radius 1 is 0.553 bits per heavy atom. The van der Waals surface area contributed by atoms with E-state index in [1.54, 1.807) is 0 Å². The Balaban J connectivity index is 1.50. The van der Waals surface area contributed by atoms with Gasteiger partial charge in [0.25, 0.3) is 0 Å². The maximum Gasteiger partial charge on any atom is 0.163 e. The highest BCUT2D eigenvalue weighted by atomic mass is 15.0. The largest absolute Gasteiger partial charge is 0.307 e. The van der Waals surface area contributed by atoms with E-state index in [2.05, 4.69) is 82.3 Å². The topological polar surface area (TPSA) is 56.5 Å². The lowest BCUT2D eigenvalue weighted by molar-refractivity contribution is 0.992. The molecule has 7 rings (SSSR count). The Morgan fingerprint density at radius 3 is 1.89 bits per heavy atom. The number of aryl methyl sites for hydroxylation is 1. The molecule has 38 heavy (non-hydrogen) atoms. The predicted octanol–water partition coefficient (Wildman–Crippen LogP) is 7.67. The van der Waals surface area contributed by atoms with Crippen molar-refractivity contribution in [3.05, 3.63) is 127 Å². The molecule has 3 aromatic heterocycles. The molecule has 0 aliphatic heterocycles. The van der Waals surface area contributed by atoms with Crippen LogP contribution < -0.4 is 0 Å². The van der Waals surface area contributed by atoms with Crippen LogP contribution in [0.2, 0.25) is 0 Å². The Labute approximate surface area is 220 Å². The third-order valence-corrected chi connectivity index (χ3v) is 6.77. The molecule has 5 nitrogen and oxygen atoms in total. The quantitative estimate of drug-likeness (QED) is 0.254. The van der Waals surface area contributed by atoms with E-state index in [1.807, 2.05) is 55.6 Å². The van der Waals surface area contributed by atoms with Gasteiger partial charge in [0.05, 0.1) is 16.7 Å². The summed E-state index contributed by atoms with van der Waals surface area (Å²) >= 11 is 0. The summed E-state index contributed by atoms with van der Waals surface area (Å²) in [6.45, 7) is 1.91. The monoisotopic (exact) mass is 489 g/mol. The minimum absolute atomic E-state index is 0.663. The molecule has 0 aliphatic rings. The number of nitrogens with zero attached hydrogens (tertiary/aromatic N) is 5. The Hall–Kier alpha value is -5.16. The van der Waals surface area contributed by atoms with Gasteiger partial charge in [-0.15, -0.1) is 0 Å². The first-order valence-corrected chi connectivity index (χ1v) is 12.6. The summed E-state index contributed by atoms with van der Waals surface area (Å²) in [6.07, 6.45) is 1.90. The molecule has 0 fully saturated rings. The number of rotatable bonds is 4. The number of hydrogen-bond donors (Lipinski definition) is 0. The minimum Gasteiger partial charge on any atom is -0.307 e. The second-order valence-electron chi connectivity index (χ2n) is 9.22. The molecular formula is C33H23N5. The van der Waals surface area contributed by atoms with Gasteiger partial charge in [0.15, 0.2) is 11.6 Å². The minimum atomic E-state index is 0.663. The fourth-order valence-corrected chi connectivity index (χ4v) is 5.08. The van der Waals surface area contributed by atoms with Crippen molar-refractivity contribution < 1.29 is 0 Å². The molecule has 0 saturated carbocycles. The van der Waals surface area contributed by atoms with Crippen molar-refractivity contribution >= 4 is 21.8 Å². The maximum absolute atomic E-state index is 4.85. The summed E-state index contributed by atoms with van der Waals surface area (Å²) < 4.78 is 2.30. The molecule has 180 valence electrons. The van der Waals surface area contributed by atoms with E-state index < -0.39 is 0 Å². The number of para-hydroxylation sites is 1. The normalized spacial score (nSPS) is 11.3. The molecule has 0 amide bonds. The second kappa shape index (κ2) is 9.05. The van der Waals surface area contributed by atoms with Gasteiger partial charge in [-0.25, -0.2) is 15.0 Å². The fraction of sp³-hybridized carbons (Fsp3) is 0.0303. The highest BCUT2D eigenvalue weighted by Gasteiger charge is 2.19. The maximum atomic E-state index is 4.85. The molecule has 0 spiro atoms. The van der Waals surface area contributed by atoms with E-state index in [0.717, 1.165) is 49.9 Å². The molecule has 0 saturated heterocycles. The summed E-state index contributed by atoms with van der Waals surface area (Å²) in [6, 6.07) is 39.4.